The van der Waals surface area contributed by atoms with Crippen LogP contribution in [0.25, 0.3) is 0 Å². The molecular formula is C16H17O2P. The highest BCUT2D eigenvalue weighted by Crippen LogP contribution is 2.64. The maximum absolute atomic E-state index is 13.8. The van der Waals surface area contributed by atoms with Crippen LogP contribution in [0.5, 0.6) is 0 Å². The van der Waals surface area contributed by atoms with E-state index in [1.165, 1.54) is 0 Å². The SMILES string of the molecule is CCC1(P(=O)(c2ccccc2)c2ccccc2)CO1. The summed E-state index contributed by atoms with van der Waals surface area (Å²) in [5.74, 6) is 0. The van der Waals surface area contributed by atoms with Crippen molar-refractivity contribution in [1.82, 2.24) is 0 Å². The Morgan fingerprint density at radius 1 is 1.00 bits per heavy atom. The number of benzene rings is 2. The summed E-state index contributed by atoms with van der Waals surface area (Å²) in [6.07, 6.45) is 0.772. The van der Waals surface area contributed by atoms with Crippen molar-refractivity contribution >= 4 is 17.8 Å². The van der Waals surface area contributed by atoms with Crippen molar-refractivity contribution in [2.45, 2.75) is 18.7 Å². The van der Waals surface area contributed by atoms with Crippen molar-refractivity contribution < 1.29 is 9.30 Å². The fraction of sp³-hybridized carbons (Fsp3) is 0.250. The standard InChI is InChI=1S/C16H17O2P/c1-2-16(13-18-16)19(17,14-9-5-3-6-10-14)15-11-7-4-8-12-15/h3-12H,2,13H2,1H3. The molecule has 2 aromatic rings. The molecule has 0 amide bonds. The molecule has 0 spiro atoms. The Morgan fingerprint density at radius 2 is 1.42 bits per heavy atom. The minimum Gasteiger partial charge on any atom is -0.361 e. The molecule has 0 radical (unpaired) electrons. The minimum atomic E-state index is -2.74. The smallest absolute Gasteiger partial charge is 0.175 e. The van der Waals surface area contributed by atoms with Gasteiger partial charge >= 0.3 is 0 Å². The van der Waals surface area contributed by atoms with E-state index in [2.05, 4.69) is 0 Å². The monoisotopic (exact) mass is 272 g/mol. The minimum absolute atomic E-state index is 0.490. The Bertz CT molecular complexity index is 560. The molecule has 3 heteroatoms. The fourth-order valence-electron chi connectivity index (χ4n) is 2.59. The summed E-state index contributed by atoms with van der Waals surface area (Å²) in [5, 5.41) is 1.29. The summed E-state index contributed by atoms with van der Waals surface area (Å²) in [7, 11) is -2.74. The third kappa shape index (κ3) is 1.87. The Morgan fingerprint density at radius 3 is 1.74 bits per heavy atom. The van der Waals surface area contributed by atoms with Gasteiger partial charge in [-0.2, -0.15) is 0 Å². The zero-order chi connectivity index (χ0) is 13.3. The summed E-state index contributed by atoms with van der Waals surface area (Å²) in [4.78, 5) is 0. The number of ether oxygens (including phenoxy) is 1. The number of hydrogen-bond donors (Lipinski definition) is 0. The Labute approximate surface area is 113 Å². The lowest BCUT2D eigenvalue weighted by Crippen LogP contribution is -2.27. The number of rotatable bonds is 4. The van der Waals surface area contributed by atoms with Gasteiger partial charge in [-0.15, -0.1) is 0 Å². The molecule has 3 rings (SSSR count). The maximum Gasteiger partial charge on any atom is 0.175 e. The zero-order valence-electron chi connectivity index (χ0n) is 11.0. The van der Waals surface area contributed by atoms with Crippen LogP contribution in [0.4, 0.5) is 0 Å². The van der Waals surface area contributed by atoms with E-state index < -0.39 is 12.5 Å². The van der Waals surface area contributed by atoms with Crippen molar-refractivity contribution in [1.29, 1.82) is 0 Å². The summed E-state index contributed by atoms with van der Waals surface area (Å²) in [6, 6.07) is 19.5. The first-order valence-electron chi connectivity index (χ1n) is 6.58. The van der Waals surface area contributed by atoms with Crippen LogP contribution in [0.15, 0.2) is 60.7 Å². The predicted molar refractivity (Wildman–Crippen MR) is 78.7 cm³/mol. The molecule has 2 nitrogen and oxygen atoms in total. The molecule has 1 aliphatic heterocycles. The summed E-state index contributed by atoms with van der Waals surface area (Å²) >= 11 is 0. The lowest BCUT2D eigenvalue weighted by Gasteiger charge is -2.25. The van der Waals surface area contributed by atoms with Crippen LogP contribution in [-0.4, -0.2) is 11.9 Å². The highest BCUT2D eigenvalue weighted by Gasteiger charge is 2.59. The second-order valence-electron chi connectivity index (χ2n) is 4.87. The van der Waals surface area contributed by atoms with Gasteiger partial charge in [-0.1, -0.05) is 67.6 Å². The van der Waals surface area contributed by atoms with E-state index in [1.807, 2.05) is 67.6 Å². The molecule has 2 aromatic carbocycles. The molecule has 1 unspecified atom stereocenters. The summed E-state index contributed by atoms with van der Waals surface area (Å²) in [5.41, 5.74) is 0. The second kappa shape index (κ2) is 4.63. The van der Waals surface area contributed by atoms with Crippen molar-refractivity contribution in [3.05, 3.63) is 60.7 Å². The van der Waals surface area contributed by atoms with Gasteiger partial charge in [0.05, 0.1) is 6.61 Å². The third-order valence-corrected chi connectivity index (χ3v) is 7.62. The van der Waals surface area contributed by atoms with Gasteiger partial charge in [0, 0.05) is 10.6 Å². The average molecular weight is 272 g/mol. The van der Waals surface area contributed by atoms with Crippen molar-refractivity contribution in [2.75, 3.05) is 6.61 Å². The van der Waals surface area contributed by atoms with Crippen LogP contribution < -0.4 is 10.6 Å². The molecule has 0 saturated carbocycles. The van der Waals surface area contributed by atoms with Gasteiger partial charge in [0.25, 0.3) is 0 Å². The van der Waals surface area contributed by atoms with E-state index >= 15 is 0 Å². The van der Waals surface area contributed by atoms with Crippen molar-refractivity contribution in [3.8, 4) is 0 Å². The lowest BCUT2D eigenvalue weighted by molar-refractivity contribution is 0.365. The first kappa shape index (κ1) is 12.7. The molecule has 1 aliphatic rings. The summed E-state index contributed by atoms with van der Waals surface area (Å²) < 4.78 is 19.5. The van der Waals surface area contributed by atoms with Gasteiger partial charge in [-0.05, 0) is 6.42 Å². The van der Waals surface area contributed by atoms with Crippen LogP contribution in [0.1, 0.15) is 13.3 Å². The molecule has 0 N–H and O–H groups in total. The van der Waals surface area contributed by atoms with Crippen LogP contribution in [0.2, 0.25) is 0 Å². The molecular weight excluding hydrogens is 255 g/mol. The van der Waals surface area contributed by atoms with E-state index in [1.54, 1.807) is 0 Å². The lowest BCUT2D eigenvalue weighted by atomic mass is 10.3. The van der Waals surface area contributed by atoms with Crippen LogP contribution in [-0.2, 0) is 9.30 Å². The van der Waals surface area contributed by atoms with E-state index in [4.69, 9.17) is 4.74 Å². The van der Waals surface area contributed by atoms with E-state index in [-0.39, 0.29) is 0 Å². The quantitative estimate of drug-likeness (QED) is 0.632. The van der Waals surface area contributed by atoms with Crippen LogP contribution in [0, 0.1) is 0 Å². The molecule has 0 bridgehead atoms. The zero-order valence-corrected chi connectivity index (χ0v) is 11.8. The molecule has 1 atom stereocenters. The largest absolute Gasteiger partial charge is 0.361 e. The number of epoxide rings is 1. The van der Waals surface area contributed by atoms with E-state index in [0.29, 0.717) is 6.61 Å². The Balaban J connectivity index is 2.21. The highest BCUT2D eigenvalue weighted by atomic mass is 31.2. The Kier molecular flexibility index (Phi) is 3.08. The average Bonchev–Trinajstić information content (AvgIpc) is 3.30. The third-order valence-electron chi connectivity index (χ3n) is 3.84. The van der Waals surface area contributed by atoms with Crippen molar-refractivity contribution in [3.63, 3.8) is 0 Å². The van der Waals surface area contributed by atoms with Crippen molar-refractivity contribution in [2.24, 2.45) is 0 Å². The van der Waals surface area contributed by atoms with Gasteiger partial charge in [0.2, 0.25) is 0 Å². The molecule has 19 heavy (non-hydrogen) atoms. The van der Waals surface area contributed by atoms with E-state index in [9.17, 15) is 4.57 Å². The molecule has 0 aromatic heterocycles. The molecule has 1 fully saturated rings. The van der Waals surface area contributed by atoms with Gasteiger partial charge in [0.15, 0.2) is 12.5 Å². The predicted octanol–water partition coefficient (Wildman–Crippen LogP) is 3.14. The molecule has 1 heterocycles. The molecule has 98 valence electrons. The summed E-state index contributed by atoms with van der Waals surface area (Å²) in [6.45, 7) is 2.64. The van der Waals surface area contributed by atoms with Gasteiger partial charge in [-0.3, -0.25) is 0 Å². The normalized spacial score (nSPS) is 22.2. The Hall–Kier alpha value is -1.37. The first-order valence-corrected chi connectivity index (χ1v) is 8.29. The number of hydrogen-bond acceptors (Lipinski definition) is 2. The maximum atomic E-state index is 13.8. The first-order chi connectivity index (χ1) is 9.23. The topological polar surface area (TPSA) is 29.6 Å². The fourth-order valence-corrected chi connectivity index (χ4v) is 5.88. The van der Waals surface area contributed by atoms with Gasteiger partial charge in [-0.25, -0.2) is 0 Å². The second-order valence-corrected chi connectivity index (χ2v) is 7.94. The van der Waals surface area contributed by atoms with Gasteiger partial charge in [0.1, 0.15) is 0 Å². The molecule has 0 aliphatic carbocycles. The van der Waals surface area contributed by atoms with Crippen LogP contribution in [0.3, 0.4) is 0 Å². The van der Waals surface area contributed by atoms with Gasteiger partial charge < -0.3 is 9.30 Å². The molecule has 1 saturated heterocycles. The highest BCUT2D eigenvalue weighted by molar-refractivity contribution is 7.80. The van der Waals surface area contributed by atoms with E-state index in [0.717, 1.165) is 17.0 Å². The van der Waals surface area contributed by atoms with Crippen LogP contribution >= 0.6 is 7.14 Å².